The summed E-state index contributed by atoms with van der Waals surface area (Å²) < 4.78 is 19.8. The molecule has 2 N–H and O–H groups in total. The summed E-state index contributed by atoms with van der Waals surface area (Å²) in [6.45, 7) is 3.74. The number of hydrogen-bond donors (Lipinski definition) is 2. The Balaban J connectivity index is 1.68. The fourth-order valence-electron chi connectivity index (χ4n) is 3.16. The Morgan fingerprint density at radius 3 is 2.49 bits per heavy atom. The molecule has 0 radical (unpaired) electrons. The number of ether oxygens (including phenoxy) is 1. The maximum Gasteiger partial charge on any atom is 0.262 e. The molecular weight excluding hydrogens is 492 g/mol. The number of carbonyl (C=O) groups is 2. The van der Waals surface area contributed by atoms with E-state index in [1.54, 1.807) is 44.2 Å². The van der Waals surface area contributed by atoms with Gasteiger partial charge in [-0.05, 0) is 42.3 Å². The van der Waals surface area contributed by atoms with Gasteiger partial charge in [0.25, 0.3) is 11.8 Å². The van der Waals surface area contributed by atoms with E-state index in [4.69, 9.17) is 27.9 Å². The largest absolute Gasteiger partial charge is 0.488 e. The molecule has 0 aromatic heterocycles. The average molecular weight is 516 g/mol. The molecule has 3 aromatic rings. The minimum Gasteiger partial charge on any atom is -0.488 e. The quantitative estimate of drug-likeness (QED) is 0.286. The summed E-state index contributed by atoms with van der Waals surface area (Å²) in [7, 11) is 0. The Bertz CT molecular complexity index is 1230. The zero-order valence-corrected chi connectivity index (χ0v) is 20.6. The maximum atomic E-state index is 13.9. The average Bonchev–Trinajstić information content (AvgIpc) is 2.82. The molecule has 35 heavy (non-hydrogen) atoms. The molecule has 0 spiro atoms. The van der Waals surface area contributed by atoms with Crippen LogP contribution in [0.15, 0.2) is 71.8 Å². The number of hydrazone groups is 1. The molecule has 0 saturated heterocycles. The second-order valence-electron chi connectivity index (χ2n) is 7.97. The summed E-state index contributed by atoms with van der Waals surface area (Å²) in [5, 5.41) is 7.61. The van der Waals surface area contributed by atoms with E-state index in [0.717, 1.165) is 5.56 Å². The van der Waals surface area contributed by atoms with Gasteiger partial charge < -0.3 is 10.1 Å². The zero-order valence-electron chi connectivity index (χ0n) is 19.1. The van der Waals surface area contributed by atoms with Crippen LogP contribution >= 0.6 is 23.2 Å². The van der Waals surface area contributed by atoms with Gasteiger partial charge in [-0.1, -0.05) is 67.4 Å². The van der Waals surface area contributed by atoms with E-state index in [1.165, 1.54) is 24.4 Å². The van der Waals surface area contributed by atoms with Gasteiger partial charge in [0.1, 0.15) is 24.2 Å². The van der Waals surface area contributed by atoms with Gasteiger partial charge >= 0.3 is 0 Å². The number of hydrogen-bond acceptors (Lipinski definition) is 4. The minimum atomic E-state index is -0.936. The van der Waals surface area contributed by atoms with Crippen molar-refractivity contribution in [3.05, 3.63) is 99.3 Å². The molecule has 1 unspecified atom stereocenters. The van der Waals surface area contributed by atoms with Gasteiger partial charge in [0, 0.05) is 21.2 Å². The molecule has 0 aliphatic heterocycles. The van der Waals surface area contributed by atoms with Crippen molar-refractivity contribution in [2.45, 2.75) is 26.5 Å². The smallest absolute Gasteiger partial charge is 0.262 e. The van der Waals surface area contributed by atoms with Gasteiger partial charge in [0.15, 0.2) is 0 Å². The number of halogens is 3. The highest BCUT2D eigenvalue weighted by Crippen LogP contribution is 2.24. The highest BCUT2D eigenvalue weighted by Gasteiger charge is 2.25. The first-order valence-corrected chi connectivity index (χ1v) is 11.6. The van der Waals surface area contributed by atoms with E-state index < -0.39 is 23.7 Å². The van der Waals surface area contributed by atoms with Gasteiger partial charge in [-0.15, -0.1) is 0 Å². The molecule has 0 aliphatic rings. The normalized spacial score (nSPS) is 11.9. The van der Waals surface area contributed by atoms with Crippen molar-refractivity contribution in [2.24, 2.45) is 11.0 Å². The first-order valence-electron chi connectivity index (χ1n) is 10.8. The molecule has 182 valence electrons. The van der Waals surface area contributed by atoms with Crippen LogP contribution in [0.3, 0.4) is 0 Å². The number of amides is 2. The molecule has 0 fully saturated rings. The first-order chi connectivity index (χ1) is 16.8. The summed E-state index contributed by atoms with van der Waals surface area (Å²) in [6.07, 6.45) is 1.39. The lowest BCUT2D eigenvalue weighted by Crippen LogP contribution is -2.48. The van der Waals surface area contributed by atoms with Crippen LogP contribution in [-0.4, -0.2) is 24.1 Å². The van der Waals surface area contributed by atoms with E-state index in [9.17, 15) is 14.0 Å². The van der Waals surface area contributed by atoms with Gasteiger partial charge in [-0.25, -0.2) is 9.82 Å². The SMILES string of the molecule is CC(C)C(NC(=O)c1ccccc1F)C(=O)NN=Cc1cc(Cl)ccc1OCc1ccccc1Cl. The fourth-order valence-corrected chi connectivity index (χ4v) is 3.53. The maximum absolute atomic E-state index is 13.9. The van der Waals surface area contributed by atoms with Crippen molar-refractivity contribution < 1.29 is 18.7 Å². The van der Waals surface area contributed by atoms with Crippen molar-refractivity contribution in [1.29, 1.82) is 0 Å². The van der Waals surface area contributed by atoms with E-state index >= 15 is 0 Å². The number of benzene rings is 3. The minimum absolute atomic E-state index is 0.145. The summed E-state index contributed by atoms with van der Waals surface area (Å²) in [4.78, 5) is 25.2. The molecule has 6 nitrogen and oxygen atoms in total. The van der Waals surface area contributed by atoms with E-state index in [2.05, 4.69) is 15.8 Å². The van der Waals surface area contributed by atoms with Gasteiger partial charge in [-0.2, -0.15) is 5.10 Å². The van der Waals surface area contributed by atoms with Crippen LogP contribution in [0.4, 0.5) is 4.39 Å². The molecule has 0 aliphatic carbocycles. The highest BCUT2D eigenvalue weighted by molar-refractivity contribution is 6.31. The third kappa shape index (κ3) is 7.28. The summed E-state index contributed by atoms with van der Waals surface area (Å²) in [5.74, 6) is -1.70. The van der Waals surface area contributed by atoms with E-state index in [1.807, 2.05) is 18.2 Å². The van der Waals surface area contributed by atoms with Crippen LogP contribution in [0.1, 0.15) is 35.3 Å². The molecule has 1 atom stereocenters. The Morgan fingerprint density at radius 1 is 1.06 bits per heavy atom. The van der Waals surface area contributed by atoms with Crippen molar-refractivity contribution in [3.8, 4) is 5.75 Å². The van der Waals surface area contributed by atoms with Crippen molar-refractivity contribution in [3.63, 3.8) is 0 Å². The third-order valence-corrected chi connectivity index (χ3v) is 5.65. The third-order valence-electron chi connectivity index (χ3n) is 5.05. The summed E-state index contributed by atoms with van der Waals surface area (Å²) in [6, 6.07) is 16.9. The van der Waals surface area contributed by atoms with Crippen LogP contribution in [0.25, 0.3) is 0 Å². The number of nitrogens with one attached hydrogen (secondary N) is 2. The molecule has 9 heteroatoms. The van der Waals surface area contributed by atoms with Crippen LogP contribution < -0.4 is 15.5 Å². The Morgan fingerprint density at radius 2 is 1.77 bits per heavy atom. The number of nitrogens with zero attached hydrogens (tertiary/aromatic N) is 1. The molecular formula is C26H24Cl2FN3O3. The first kappa shape index (κ1) is 26.2. The Kier molecular flexibility index (Phi) is 9.23. The lowest BCUT2D eigenvalue weighted by atomic mass is 10.0. The zero-order chi connectivity index (χ0) is 25.4. The number of rotatable bonds is 9. The van der Waals surface area contributed by atoms with Crippen LogP contribution in [0.5, 0.6) is 5.75 Å². The van der Waals surface area contributed by atoms with Gasteiger partial charge in [0.05, 0.1) is 11.8 Å². The topological polar surface area (TPSA) is 79.8 Å². The van der Waals surface area contributed by atoms with E-state index in [-0.39, 0.29) is 18.1 Å². The lowest BCUT2D eigenvalue weighted by Gasteiger charge is -2.20. The molecule has 3 rings (SSSR count). The van der Waals surface area contributed by atoms with Crippen LogP contribution in [0.2, 0.25) is 10.0 Å². The number of carbonyl (C=O) groups excluding carboxylic acids is 2. The van der Waals surface area contributed by atoms with Gasteiger partial charge in [-0.3, -0.25) is 9.59 Å². The highest BCUT2D eigenvalue weighted by atomic mass is 35.5. The summed E-state index contributed by atoms with van der Waals surface area (Å²) >= 11 is 12.3. The monoisotopic (exact) mass is 515 g/mol. The molecule has 0 heterocycles. The second-order valence-corrected chi connectivity index (χ2v) is 8.82. The Labute approximate surface area is 213 Å². The van der Waals surface area contributed by atoms with Crippen molar-refractivity contribution in [2.75, 3.05) is 0 Å². The Hall–Kier alpha value is -3.42. The predicted octanol–water partition coefficient (Wildman–Crippen LogP) is 5.62. The predicted molar refractivity (Wildman–Crippen MR) is 135 cm³/mol. The van der Waals surface area contributed by atoms with Crippen LogP contribution in [0, 0.1) is 11.7 Å². The molecule has 0 saturated carbocycles. The second kappa shape index (κ2) is 12.3. The molecule has 2 amide bonds. The van der Waals surface area contributed by atoms with Gasteiger partial charge in [0.2, 0.25) is 0 Å². The lowest BCUT2D eigenvalue weighted by molar-refractivity contribution is -0.123. The van der Waals surface area contributed by atoms with Crippen molar-refractivity contribution in [1.82, 2.24) is 10.7 Å². The summed E-state index contributed by atoms with van der Waals surface area (Å²) in [5.41, 5.74) is 3.61. The fraction of sp³-hybridized carbons (Fsp3) is 0.192. The van der Waals surface area contributed by atoms with E-state index in [0.29, 0.717) is 21.4 Å². The van der Waals surface area contributed by atoms with Crippen LogP contribution in [-0.2, 0) is 11.4 Å². The molecule has 0 bridgehead atoms. The van der Waals surface area contributed by atoms with Crippen molar-refractivity contribution >= 4 is 41.2 Å². The standard InChI is InChI=1S/C26H24Cl2FN3O3/c1-16(2)24(31-25(33)20-8-4-6-10-22(20)29)26(34)32-30-14-18-13-19(27)11-12-23(18)35-15-17-7-3-5-9-21(17)28/h3-14,16,24H,15H2,1-2H3,(H,31,33)(H,32,34). The molecule has 3 aromatic carbocycles.